The standard InChI is InChI=1S/C23H24N4O4S/c1-5-13-27(14-6-2)32(29,30)20-11-9-18(10-12-20)21(28)24-23-26-25-22(31-23)19-8-7-16(3)17(4)15-19/h5-12,15H,1-2,13-14H2,3-4H3,(H,24,26,28). The Morgan fingerprint density at radius 1 is 1.03 bits per heavy atom. The van der Waals surface area contributed by atoms with Crippen molar-refractivity contribution in [2.24, 2.45) is 0 Å². The first kappa shape index (κ1) is 23.1. The lowest BCUT2D eigenvalue weighted by atomic mass is 10.1. The maximum Gasteiger partial charge on any atom is 0.322 e. The van der Waals surface area contributed by atoms with Gasteiger partial charge in [0.15, 0.2) is 0 Å². The average Bonchev–Trinajstić information content (AvgIpc) is 3.24. The number of carbonyl (C=O) groups excluding carboxylic acids is 1. The van der Waals surface area contributed by atoms with E-state index in [9.17, 15) is 13.2 Å². The highest BCUT2D eigenvalue weighted by Gasteiger charge is 2.23. The van der Waals surface area contributed by atoms with Crippen molar-refractivity contribution in [1.82, 2.24) is 14.5 Å². The number of anilines is 1. The van der Waals surface area contributed by atoms with Gasteiger partial charge in [0.1, 0.15) is 0 Å². The van der Waals surface area contributed by atoms with Crippen LogP contribution in [0.4, 0.5) is 6.01 Å². The van der Waals surface area contributed by atoms with Crippen molar-refractivity contribution >= 4 is 21.9 Å². The van der Waals surface area contributed by atoms with Crippen molar-refractivity contribution in [3.63, 3.8) is 0 Å². The van der Waals surface area contributed by atoms with Crippen molar-refractivity contribution in [3.05, 3.63) is 84.5 Å². The summed E-state index contributed by atoms with van der Waals surface area (Å²) >= 11 is 0. The van der Waals surface area contributed by atoms with E-state index in [2.05, 4.69) is 28.7 Å². The summed E-state index contributed by atoms with van der Waals surface area (Å²) in [5.74, 6) is -0.215. The van der Waals surface area contributed by atoms with Gasteiger partial charge in [0.05, 0.1) is 4.90 Å². The smallest absolute Gasteiger partial charge is 0.322 e. The number of nitrogens with one attached hydrogen (secondary N) is 1. The molecule has 0 aliphatic carbocycles. The van der Waals surface area contributed by atoms with Gasteiger partial charge in [0, 0.05) is 24.2 Å². The van der Waals surface area contributed by atoms with Crippen molar-refractivity contribution in [2.75, 3.05) is 18.4 Å². The fourth-order valence-electron chi connectivity index (χ4n) is 2.92. The van der Waals surface area contributed by atoms with Gasteiger partial charge in [-0.3, -0.25) is 10.1 Å². The number of sulfonamides is 1. The number of aryl methyl sites for hydroxylation is 2. The molecule has 0 radical (unpaired) electrons. The molecule has 0 aliphatic rings. The molecule has 1 heterocycles. The molecule has 166 valence electrons. The predicted molar refractivity (Wildman–Crippen MR) is 123 cm³/mol. The largest absolute Gasteiger partial charge is 0.403 e. The summed E-state index contributed by atoms with van der Waals surface area (Å²) in [6.45, 7) is 11.5. The lowest BCUT2D eigenvalue weighted by Gasteiger charge is -2.19. The van der Waals surface area contributed by atoms with Crippen LogP contribution in [0.3, 0.4) is 0 Å². The SMILES string of the molecule is C=CCN(CC=C)S(=O)(=O)c1ccc(C(=O)Nc2nnc(-c3ccc(C)c(C)c3)o2)cc1. The first-order valence-electron chi connectivity index (χ1n) is 9.80. The Hall–Kier alpha value is -3.56. The van der Waals surface area contributed by atoms with Crippen molar-refractivity contribution in [1.29, 1.82) is 0 Å². The van der Waals surface area contributed by atoms with E-state index < -0.39 is 15.9 Å². The summed E-state index contributed by atoms with van der Waals surface area (Å²) in [5.41, 5.74) is 3.22. The van der Waals surface area contributed by atoms with Gasteiger partial charge in [-0.05, 0) is 61.4 Å². The van der Waals surface area contributed by atoms with Crippen LogP contribution in [0.1, 0.15) is 21.5 Å². The van der Waals surface area contributed by atoms with Crippen LogP contribution < -0.4 is 5.32 Å². The zero-order valence-corrected chi connectivity index (χ0v) is 18.7. The molecule has 2 aromatic carbocycles. The Kier molecular flexibility index (Phi) is 7.01. The van der Waals surface area contributed by atoms with Gasteiger partial charge >= 0.3 is 6.01 Å². The molecule has 0 saturated carbocycles. The molecule has 0 aliphatic heterocycles. The van der Waals surface area contributed by atoms with Gasteiger partial charge in [-0.2, -0.15) is 4.31 Å². The third-order valence-corrected chi connectivity index (χ3v) is 6.66. The number of benzene rings is 2. The molecule has 3 aromatic rings. The number of hydrogen-bond donors (Lipinski definition) is 1. The normalized spacial score (nSPS) is 11.3. The number of hydrogen-bond acceptors (Lipinski definition) is 6. The molecule has 0 saturated heterocycles. The summed E-state index contributed by atoms with van der Waals surface area (Å²) < 4.78 is 32.3. The Morgan fingerprint density at radius 2 is 1.69 bits per heavy atom. The zero-order valence-electron chi connectivity index (χ0n) is 17.9. The Morgan fingerprint density at radius 3 is 2.28 bits per heavy atom. The molecule has 1 aromatic heterocycles. The van der Waals surface area contributed by atoms with Gasteiger partial charge in [0.25, 0.3) is 5.91 Å². The monoisotopic (exact) mass is 452 g/mol. The van der Waals surface area contributed by atoms with Crippen LogP contribution in [0, 0.1) is 13.8 Å². The second-order valence-corrected chi connectivity index (χ2v) is 9.03. The molecule has 0 bridgehead atoms. The number of rotatable bonds is 9. The Bertz CT molecular complexity index is 1240. The Labute approximate surface area is 187 Å². The van der Waals surface area contributed by atoms with E-state index in [1.54, 1.807) is 0 Å². The van der Waals surface area contributed by atoms with Crippen LogP contribution >= 0.6 is 0 Å². The molecule has 9 heteroatoms. The average molecular weight is 453 g/mol. The van der Waals surface area contributed by atoms with Crippen molar-refractivity contribution in [3.8, 4) is 11.5 Å². The van der Waals surface area contributed by atoms with E-state index in [4.69, 9.17) is 4.42 Å². The first-order valence-corrected chi connectivity index (χ1v) is 11.2. The summed E-state index contributed by atoms with van der Waals surface area (Å²) in [7, 11) is -3.74. The minimum absolute atomic E-state index is 0.0527. The molecule has 1 N–H and O–H groups in total. The highest BCUT2D eigenvalue weighted by atomic mass is 32.2. The van der Waals surface area contributed by atoms with Crippen LogP contribution in [0.2, 0.25) is 0 Å². The molecular formula is C23H24N4O4S. The quantitative estimate of drug-likeness (QED) is 0.493. The van der Waals surface area contributed by atoms with Gasteiger partial charge in [0.2, 0.25) is 15.9 Å². The fraction of sp³-hybridized carbons (Fsp3) is 0.174. The predicted octanol–water partition coefficient (Wildman–Crippen LogP) is 3.97. The molecule has 1 amide bonds. The summed E-state index contributed by atoms with van der Waals surface area (Å²) in [6.07, 6.45) is 3.00. The number of carbonyl (C=O) groups is 1. The van der Waals surface area contributed by atoms with Crippen LogP contribution in [0.5, 0.6) is 0 Å². The van der Waals surface area contributed by atoms with Crippen LogP contribution in [0.25, 0.3) is 11.5 Å². The van der Waals surface area contributed by atoms with Crippen molar-refractivity contribution in [2.45, 2.75) is 18.7 Å². The second-order valence-electron chi connectivity index (χ2n) is 7.09. The number of amides is 1. The molecule has 8 nitrogen and oxygen atoms in total. The number of aromatic nitrogens is 2. The molecule has 0 unspecified atom stereocenters. The highest BCUT2D eigenvalue weighted by Crippen LogP contribution is 2.23. The first-order chi connectivity index (χ1) is 15.3. The molecule has 0 spiro atoms. The second kappa shape index (κ2) is 9.71. The Balaban J connectivity index is 1.74. The number of nitrogens with zero attached hydrogens (tertiary/aromatic N) is 3. The van der Waals surface area contributed by atoms with E-state index in [0.717, 1.165) is 16.7 Å². The van der Waals surface area contributed by atoms with E-state index in [1.807, 2.05) is 32.0 Å². The molecule has 3 rings (SSSR count). The van der Waals surface area contributed by atoms with E-state index in [-0.39, 0.29) is 35.5 Å². The van der Waals surface area contributed by atoms with Gasteiger partial charge in [-0.1, -0.05) is 23.3 Å². The summed E-state index contributed by atoms with van der Waals surface area (Å²) in [6, 6.07) is 11.3. The van der Waals surface area contributed by atoms with Gasteiger partial charge < -0.3 is 4.42 Å². The molecular weight excluding hydrogens is 428 g/mol. The van der Waals surface area contributed by atoms with Crippen LogP contribution in [0.15, 0.2) is 77.1 Å². The topological polar surface area (TPSA) is 105 Å². The summed E-state index contributed by atoms with van der Waals surface area (Å²) in [4.78, 5) is 12.6. The van der Waals surface area contributed by atoms with Gasteiger partial charge in [-0.25, -0.2) is 8.42 Å². The lowest BCUT2D eigenvalue weighted by Crippen LogP contribution is -2.31. The van der Waals surface area contributed by atoms with E-state index in [1.165, 1.54) is 40.7 Å². The third-order valence-electron chi connectivity index (χ3n) is 4.82. The fourth-order valence-corrected chi connectivity index (χ4v) is 4.30. The molecule has 0 atom stereocenters. The maximum atomic E-state index is 12.8. The minimum Gasteiger partial charge on any atom is -0.403 e. The van der Waals surface area contributed by atoms with E-state index in [0.29, 0.717) is 0 Å². The van der Waals surface area contributed by atoms with Crippen molar-refractivity contribution < 1.29 is 17.6 Å². The third kappa shape index (κ3) is 5.01. The van der Waals surface area contributed by atoms with Crippen LogP contribution in [-0.2, 0) is 10.0 Å². The van der Waals surface area contributed by atoms with Crippen LogP contribution in [-0.4, -0.2) is 41.9 Å². The zero-order chi connectivity index (χ0) is 23.3. The molecule has 32 heavy (non-hydrogen) atoms. The van der Waals surface area contributed by atoms with E-state index >= 15 is 0 Å². The lowest BCUT2D eigenvalue weighted by molar-refractivity contribution is 0.102. The molecule has 0 fully saturated rings. The minimum atomic E-state index is -3.74. The highest BCUT2D eigenvalue weighted by molar-refractivity contribution is 7.89. The maximum absolute atomic E-state index is 12.8. The van der Waals surface area contributed by atoms with Gasteiger partial charge in [-0.15, -0.1) is 18.3 Å². The summed E-state index contributed by atoms with van der Waals surface area (Å²) in [5, 5.41) is 10.4.